The molecular weight excluding hydrogens is 248 g/mol. The minimum atomic E-state index is -3.35. The number of aromatic nitrogens is 1. The van der Waals surface area contributed by atoms with Crippen molar-refractivity contribution >= 4 is 32.2 Å². The molecule has 1 amide bonds. The maximum absolute atomic E-state index is 11.6. The van der Waals surface area contributed by atoms with E-state index in [1.165, 1.54) is 18.3 Å². The molecule has 0 saturated carbocycles. The molecule has 1 heterocycles. The minimum absolute atomic E-state index is 0.0272. The summed E-state index contributed by atoms with van der Waals surface area (Å²) in [6, 6.07) is 0. The van der Waals surface area contributed by atoms with Crippen molar-refractivity contribution in [3.05, 3.63) is 11.6 Å². The lowest BCUT2D eigenvalue weighted by Gasteiger charge is -2.10. The number of carbonyl (C=O) groups is 1. The molecule has 0 saturated heterocycles. The van der Waals surface area contributed by atoms with Crippen LogP contribution in [0, 0.1) is 0 Å². The monoisotopic (exact) mass is 262 g/mol. The molecule has 1 aromatic heterocycles. The number of nitrogens with zero attached hydrogens (tertiary/aromatic N) is 1. The highest BCUT2D eigenvalue weighted by molar-refractivity contribution is 7.92. The number of thiazole rings is 1. The van der Waals surface area contributed by atoms with Crippen LogP contribution in [-0.4, -0.2) is 30.3 Å². The lowest BCUT2D eigenvalue weighted by Crippen LogP contribution is -2.33. The van der Waals surface area contributed by atoms with Crippen molar-refractivity contribution in [3.63, 3.8) is 0 Å². The van der Waals surface area contributed by atoms with E-state index in [0.29, 0.717) is 11.6 Å². The Kier molecular flexibility index (Phi) is 4.43. The van der Waals surface area contributed by atoms with Crippen LogP contribution in [0.1, 0.15) is 20.3 Å². The summed E-state index contributed by atoms with van der Waals surface area (Å²) in [5.74, 6) is -0.497. The van der Waals surface area contributed by atoms with E-state index in [2.05, 4.69) is 10.3 Å². The largest absolute Gasteiger partial charge is 0.301 e. The number of hydrogen-bond donors (Lipinski definition) is 1. The van der Waals surface area contributed by atoms with Gasteiger partial charge in [-0.2, -0.15) is 0 Å². The molecular formula is C9H14N2O3S2. The summed E-state index contributed by atoms with van der Waals surface area (Å²) >= 11 is 1.25. The van der Waals surface area contributed by atoms with Crippen LogP contribution in [-0.2, 0) is 14.6 Å². The molecule has 0 aliphatic rings. The molecule has 0 aliphatic carbocycles. The van der Waals surface area contributed by atoms with E-state index in [9.17, 15) is 13.2 Å². The summed E-state index contributed by atoms with van der Waals surface area (Å²) in [5, 5.41) is 3.57. The van der Waals surface area contributed by atoms with Crippen LogP contribution >= 0.6 is 11.3 Å². The van der Waals surface area contributed by atoms with E-state index in [1.807, 2.05) is 0 Å². The zero-order chi connectivity index (χ0) is 12.2. The molecule has 0 aromatic carbocycles. The van der Waals surface area contributed by atoms with Crippen LogP contribution in [0.25, 0.3) is 0 Å². The van der Waals surface area contributed by atoms with Crippen LogP contribution in [0.5, 0.6) is 0 Å². The van der Waals surface area contributed by atoms with E-state index in [0.717, 1.165) is 0 Å². The van der Waals surface area contributed by atoms with Crippen LogP contribution in [0.3, 0.4) is 0 Å². The molecule has 1 rings (SSSR count). The SMILES string of the molecule is CCCS(=O)(=O)C(C)C(=O)Nc1nccs1. The zero-order valence-corrected chi connectivity index (χ0v) is 10.8. The molecule has 1 aromatic rings. The van der Waals surface area contributed by atoms with Gasteiger partial charge in [0, 0.05) is 11.6 Å². The first-order valence-electron chi connectivity index (χ1n) is 4.89. The van der Waals surface area contributed by atoms with Crippen molar-refractivity contribution in [2.45, 2.75) is 25.5 Å². The Labute approximate surface area is 98.8 Å². The van der Waals surface area contributed by atoms with Crippen LogP contribution in [0.2, 0.25) is 0 Å². The number of carbonyl (C=O) groups excluding carboxylic acids is 1. The molecule has 0 radical (unpaired) electrons. The fraction of sp³-hybridized carbons (Fsp3) is 0.556. The molecule has 1 N–H and O–H groups in total. The average Bonchev–Trinajstić information content (AvgIpc) is 2.69. The molecule has 0 bridgehead atoms. The van der Waals surface area contributed by atoms with E-state index in [-0.39, 0.29) is 5.75 Å². The van der Waals surface area contributed by atoms with Crippen molar-refractivity contribution in [2.24, 2.45) is 0 Å². The number of sulfone groups is 1. The Bertz CT molecular complexity index is 439. The fourth-order valence-electron chi connectivity index (χ4n) is 1.12. The number of rotatable bonds is 5. The summed E-state index contributed by atoms with van der Waals surface area (Å²) < 4.78 is 23.2. The molecule has 5 nitrogen and oxygen atoms in total. The first-order valence-corrected chi connectivity index (χ1v) is 7.49. The Hall–Kier alpha value is -0.950. The van der Waals surface area contributed by atoms with Gasteiger partial charge in [0.1, 0.15) is 5.25 Å². The van der Waals surface area contributed by atoms with Gasteiger partial charge in [0.15, 0.2) is 15.0 Å². The third kappa shape index (κ3) is 3.28. The minimum Gasteiger partial charge on any atom is -0.301 e. The van der Waals surface area contributed by atoms with Gasteiger partial charge in [0.05, 0.1) is 5.75 Å². The van der Waals surface area contributed by atoms with Gasteiger partial charge in [-0.15, -0.1) is 11.3 Å². The number of nitrogens with one attached hydrogen (secondary N) is 1. The standard InChI is InChI=1S/C9H14N2O3S2/c1-3-6-16(13,14)7(2)8(12)11-9-10-4-5-15-9/h4-5,7H,3,6H2,1-2H3,(H,10,11,12). The van der Waals surface area contributed by atoms with Gasteiger partial charge in [-0.05, 0) is 13.3 Å². The maximum Gasteiger partial charge on any atom is 0.244 e. The topological polar surface area (TPSA) is 76.1 Å². The highest BCUT2D eigenvalue weighted by Gasteiger charge is 2.27. The Balaban J connectivity index is 2.68. The molecule has 0 spiro atoms. The summed E-state index contributed by atoms with van der Waals surface area (Å²) in [7, 11) is -3.35. The Morgan fingerprint density at radius 2 is 2.31 bits per heavy atom. The second-order valence-electron chi connectivity index (χ2n) is 3.34. The zero-order valence-electron chi connectivity index (χ0n) is 9.13. The first kappa shape index (κ1) is 13.1. The van der Waals surface area contributed by atoms with E-state index >= 15 is 0 Å². The molecule has 1 unspecified atom stereocenters. The number of hydrogen-bond acceptors (Lipinski definition) is 5. The molecule has 0 aliphatic heterocycles. The molecule has 0 fully saturated rings. The van der Waals surface area contributed by atoms with Gasteiger partial charge in [-0.3, -0.25) is 4.79 Å². The Morgan fingerprint density at radius 1 is 1.62 bits per heavy atom. The van der Waals surface area contributed by atoms with Gasteiger partial charge in [-0.1, -0.05) is 6.92 Å². The maximum atomic E-state index is 11.6. The van der Waals surface area contributed by atoms with Gasteiger partial charge in [0.25, 0.3) is 0 Å². The normalized spacial score (nSPS) is 13.4. The third-order valence-electron chi connectivity index (χ3n) is 2.06. The quantitative estimate of drug-likeness (QED) is 0.867. The first-order chi connectivity index (χ1) is 7.47. The van der Waals surface area contributed by atoms with Crippen molar-refractivity contribution in [1.82, 2.24) is 4.98 Å². The van der Waals surface area contributed by atoms with Gasteiger partial charge < -0.3 is 5.32 Å². The smallest absolute Gasteiger partial charge is 0.244 e. The fourth-order valence-corrected chi connectivity index (χ4v) is 2.96. The second kappa shape index (κ2) is 5.40. The highest BCUT2D eigenvalue weighted by atomic mass is 32.2. The van der Waals surface area contributed by atoms with E-state index < -0.39 is 21.0 Å². The van der Waals surface area contributed by atoms with Crippen LogP contribution in [0.4, 0.5) is 5.13 Å². The summed E-state index contributed by atoms with van der Waals surface area (Å²) in [4.78, 5) is 15.5. The number of amides is 1. The summed E-state index contributed by atoms with van der Waals surface area (Å²) in [6.07, 6.45) is 2.06. The summed E-state index contributed by atoms with van der Waals surface area (Å²) in [6.45, 7) is 3.16. The van der Waals surface area contributed by atoms with Gasteiger partial charge >= 0.3 is 0 Å². The molecule has 16 heavy (non-hydrogen) atoms. The molecule has 1 atom stereocenters. The van der Waals surface area contributed by atoms with Crippen molar-refractivity contribution in [2.75, 3.05) is 11.1 Å². The van der Waals surface area contributed by atoms with Crippen LogP contribution < -0.4 is 5.32 Å². The third-order valence-corrected chi connectivity index (χ3v) is 5.02. The summed E-state index contributed by atoms with van der Waals surface area (Å²) in [5.41, 5.74) is 0. The lowest BCUT2D eigenvalue weighted by molar-refractivity contribution is -0.115. The highest BCUT2D eigenvalue weighted by Crippen LogP contribution is 2.13. The molecule has 90 valence electrons. The lowest BCUT2D eigenvalue weighted by atomic mass is 10.4. The predicted octanol–water partition coefficient (Wildman–Crippen LogP) is 1.29. The average molecular weight is 262 g/mol. The van der Waals surface area contributed by atoms with E-state index in [1.54, 1.807) is 18.5 Å². The van der Waals surface area contributed by atoms with Gasteiger partial charge in [0.2, 0.25) is 5.91 Å². The van der Waals surface area contributed by atoms with Crippen molar-refractivity contribution in [1.29, 1.82) is 0 Å². The number of anilines is 1. The predicted molar refractivity (Wildman–Crippen MR) is 64.3 cm³/mol. The second-order valence-corrected chi connectivity index (χ2v) is 6.67. The van der Waals surface area contributed by atoms with Gasteiger partial charge in [-0.25, -0.2) is 13.4 Å². The molecule has 7 heteroatoms. The van der Waals surface area contributed by atoms with Crippen LogP contribution in [0.15, 0.2) is 11.6 Å². The van der Waals surface area contributed by atoms with Crippen molar-refractivity contribution in [3.8, 4) is 0 Å². The Morgan fingerprint density at radius 3 is 2.81 bits per heavy atom. The van der Waals surface area contributed by atoms with E-state index in [4.69, 9.17) is 0 Å². The van der Waals surface area contributed by atoms with Crippen molar-refractivity contribution < 1.29 is 13.2 Å².